The Morgan fingerprint density at radius 1 is 1.31 bits per heavy atom. The number of hydrogen-bond donors (Lipinski definition) is 1. The topological polar surface area (TPSA) is 32.6 Å². The van der Waals surface area contributed by atoms with E-state index in [1.165, 1.54) is 0 Å². The lowest BCUT2D eigenvalue weighted by Gasteiger charge is -2.14. The Hall–Kier alpha value is -1.15. The van der Waals surface area contributed by atoms with E-state index in [4.69, 9.17) is 5.11 Å². The predicted octanol–water partition coefficient (Wildman–Crippen LogP) is 1.88. The molecular formula is C11H15NO. The Balaban J connectivity index is 2.69. The van der Waals surface area contributed by atoms with Crippen LogP contribution < -0.4 is 0 Å². The van der Waals surface area contributed by atoms with Crippen molar-refractivity contribution in [1.82, 2.24) is 0 Å². The Bertz CT molecular complexity index is 277. The molecule has 0 aliphatic rings. The summed E-state index contributed by atoms with van der Waals surface area (Å²) < 4.78 is 0. The molecule has 0 aliphatic carbocycles. The number of aliphatic hydroxyl groups excluding tert-OH is 1. The molecule has 0 aliphatic heterocycles. The molecule has 0 bridgehead atoms. The monoisotopic (exact) mass is 177 g/mol. The van der Waals surface area contributed by atoms with Gasteiger partial charge in [0.15, 0.2) is 0 Å². The van der Waals surface area contributed by atoms with Crippen molar-refractivity contribution in [3.63, 3.8) is 0 Å². The first-order valence-corrected chi connectivity index (χ1v) is 4.35. The second kappa shape index (κ2) is 4.19. The first-order chi connectivity index (χ1) is 6.14. The summed E-state index contributed by atoms with van der Waals surface area (Å²) in [6.07, 6.45) is 1.79. The van der Waals surface area contributed by atoms with Crippen LogP contribution in [0, 0.1) is 0 Å². The van der Waals surface area contributed by atoms with Gasteiger partial charge in [-0.2, -0.15) is 0 Å². The third kappa shape index (κ3) is 3.38. The highest BCUT2D eigenvalue weighted by molar-refractivity contribution is 5.79. The van der Waals surface area contributed by atoms with E-state index < -0.39 is 0 Å². The van der Waals surface area contributed by atoms with Crippen LogP contribution in [0.2, 0.25) is 0 Å². The van der Waals surface area contributed by atoms with Gasteiger partial charge in [-0.15, -0.1) is 0 Å². The molecule has 1 aromatic rings. The summed E-state index contributed by atoms with van der Waals surface area (Å²) in [4.78, 5) is 4.27. The van der Waals surface area contributed by atoms with Crippen LogP contribution in [0.15, 0.2) is 35.3 Å². The van der Waals surface area contributed by atoms with Crippen LogP contribution in [0.3, 0.4) is 0 Å². The fourth-order valence-electron chi connectivity index (χ4n) is 0.829. The van der Waals surface area contributed by atoms with Gasteiger partial charge in [0.05, 0.1) is 12.1 Å². The first-order valence-electron chi connectivity index (χ1n) is 4.35. The summed E-state index contributed by atoms with van der Waals surface area (Å²) in [5.74, 6) is 0. The maximum absolute atomic E-state index is 8.96. The van der Waals surface area contributed by atoms with Crippen LogP contribution in [0.1, 0.15) is 19.4 Å². The van der Waals surface area contributed by atoms with Gasteiger partial charge in [0.25, 0.3) is 0 Å². The molecule has 13 heavy (non-hydrogen) atoms. The summed E-state index contributed by atoms with van der Waals surface area (Å²) in [5.41, 5.74) is 0.680. The zero-order valence-corrected chi connectivity index (χ0v) is 8.07. The van der Waals surface area contributed by atoms with E-state index in [9.17, 15) is 0 Å². The van der Waals surface area contributed by atoms with Gasteiger partial charge in [0.1, 0.15) is 0 Å². The van der Waals surface area contributed by atoms with Crippen molar-refractivity contribution in [3.8, 4) is 0 Å². The van der Waals surface area contributed by atoms with Crippen LogP contribution in [0.4, 0.5) is 0 Å². The van der Waals surface area contributed by atoms with Crippen molar-refractivity contribution >= 4 is 6.21 Å². The van der Waals surface area contributed by atoms with Crippen molar-refractivity contribution < 1.29 is 5.11 Å². The predicted molar refractivity (Wildman–Crippen MR) is 55.2 cm³/mol. The van der Waals surface area contributed by atoms with Crippen molar-refractivity contribution in [3.05, 3.63) is 35.9 Å². The smallest absolute Gasteiger partial charge is 0.0782 e. The lowest BCUT2D eigenvalue weighted by molar-refractivity contribution is 0.223. The molecule has 0 atom stereocenters. The average Bonchev–Trinajstić information content (AvgIpc) is 2.17. The van der Waals surface area contributed by atoms with Crippen molar-refractivity contribution in [1.29, 1.82) is 0 Å². The van der Waals surface area contributed by atoms with E-state index in [2.05, 4.69) is 4.99 Å². The minimum atomic E-state index is -0.379. The highest BCUT2D eigenvalue weighted by Crippen LogP contribution is 2.07. The third-order valence-electron chi connectivity index (χ3n) is 1.75. The maximum Gasteiger partial charge on any atom is 0.0782 e. The lowest BCUT2D eigenvalue weighted by atomic mass is 10.1. The van der Waals surface area contributed by atoms with Gasteiger partial charge >= 0.3 is 0 Å². The molecular weight excluding hydrogens is 162 g/mol. The van der Waals surface area contributed by atoms with Gasteiger partial charge in [0.2, 0.25) is 0 Å². The molecule has 0 radical (unpaired) electrons. The number of aliphatic imine (C=N–C) groups is 1. The highest BCUT2D eigenvalue weighted by atomic mass is 16.3. The summed E-state index contributed by atoms with van der Waals surface area (Å²) >= 11 is 0. The summed E-state index contributed by atoms with van der Waals surface area (Å²) in [6, 6.07) is 9.86. The molecule has 0 saturated carbocycles. The van der Waals surface area contributed by atoms with Gasteiger partial charge in [-0.1, -0.05) is 30.3 Å². The fraction of sp³-hybridized carbons (Fsp3) is 0.364. The molecule has 1 rings (SSSR count). The fourth-order valence-corrected chi connectivity index (χ4v) is 0.829. The third-order valence-corrected chi connectivity index (χ3v) is 1.75. The van der Waals surface area contributed by atoms with E-state index in [1.54, 1.807) is 6.21 Å². The maximum atomic E-state index is 8.96. The highest BCUT2D eigenvalue weighted by Gasteiger charge is 2.12. The molecule has 0 aromatic heterocycles. The number of nitrogens with zero attached hydrogens (tertiary/aromatic N) is 1. The van der Waals surface area contributed by atoms with Gasteiger partial charge in [0, 0.05) is 6.21 Å². The van der Waals surface area contributed by atoms with E-state index in [-0.39, 0.29) is 12.1 Å². The average molecular weight is 177 g/mol. The second-order valence-corrected chi connectivity index (χ2v) is 3.64. The molecule has 1 N–H and O–H groups in total. The van der Waals surface area contributed by atoms with Crippen LogP contribution >= 0.6 is 0 Å². The minimum Gasteiger partial charge on any atom is -0.394 e. The quantitative estimate of drug-likeness (QED) is 0.702. The number of hydrogen-bond acceptors (Lipinski definition) is 2. The Morgan fingerprint density at radius 3 is 2.46 bits per heavy atom. The lowest BCUT2D eigenvalue weighted by Crippen LogP contribution is -2.21. The molecule has 0 amide bonds. The van der Waals surface area contributed by atoms with E-state index in [1.807, 2.05) is 44.2 Å². The van der Waals surface area contributed by atoms with E-state index in [0.29, 0.717) is 0 Å². The molecule has 2 heteroatoms. The van der Waals surface area contributed by atoms with Gasteiger partial charge in [-0.25, -0.2) is 0 Å². The largest absolute Gasteiger partial charge is 0.394 e. The summed E-state index contributed by atoms with van der Waals surface area (Å²) in [7, 11) is 0. The van der Waals surface area contributed by atoms with Crippen molar-refractivity contribution in [2.45, 2.75) is 19.4 Å². The van der Waals surface area contributed by atoms with E-state index in [0.717, 1.165) is 5.56 Å². The minimum absolute atomic E-state index is 0.0658. The number of aliphatic hydroxyl groups is 1. The molecule has 0 heterocycles. The molecule has 0 spiro atoms. The summed E-state index contributed by atoms with van der Waals surface area (Å²) in [5, 5.41) is 8.96. The molecule has 0 fully saturated rings. The number of benzene rings is 1. The zero-order chi connectivity index (χ0) is 9.73. The molecule has 0 unspecified atom stereocenters. The Morgan fingerprint density at radius 2 is 1.92 bits per heavy atom. The van der Waals surface area contributed by atoms with Crippen LogP contribution in [-0.2, 0) is 0 Å². The SMILES string of the molecule is CC(C)(CO)/N=C/c1ccccc1. The van der Waals surface area contributed by atoms with Crippen molar-refractivity contribution in [2.75, 3.05) is 6.61 Å². The standard InChI is InChI=1S/C11H15NO/c1-11(2,9-13)12-8-10-6-4-3-5-7-10/h3-8,13H,9H2,1-2H3/b12-8+. The first kappa shape index (κ1) is 9.93. The molecule has 0 saturated heterocycles. The van der Waals surface area contributed by atoms with Crippen LogP contribution in [0.5, 0.6) is 0 Å². The van der Waals surface area contributed by atoms with Crippen molar-refractivity contribution in [2.24, 2.45) is 4.99 Å². The second-order valence-electron chi connectivity index (χ2n) is 3.64. The Kier molecular flexibility index (Phi) is 3.20. The Labute approximate surface area is 78.9 Å². The molecule has 2 nitrogen and oxygen atoms in total. The van der Waals surface area contributed by atoms with Gasteiger partial charge < -0.3 is 5.11 Å². The van der Waals surface area contributed by atoms with E-state index >= 15 is 0 Å². The van der Waals surface area contributed by atoms with Gasteiger partial charge in [-0.3, -0.25) is 4.99 Å². The van der Waals surface area contributed by atoms with Crippen LogP contribution in [-0.4, -0.2) is 23.5 Å². The van der Waals surface area contributed by atoms with Gasteiger partial charge in [-0.05, 0) is 19.4 Å². The number of rotatable bonds is 3. The zero-order valence-electron chi connectivity index (χ0n) is 8.07. The molecule has 70 valence electrons. The van der Waals surface area contributed by atoms with Crippen LogP contribution in [0.25, 0.3) is 0 Å². The normalized spacial score (nSPS) is 12.2. The molecule has 1 aromatic carbocycles. The summed E-state index contributed by atoms with van der Waals surface area (Å²) in [6.45, 7) is 3.86.